The second kappa shape index (κ2) is 8.27. The Hall–Kier alpha value is -2.47. The van der Waals surface area contributed by atoms with Crippen LogP contribution in [0.25, 0.3) is 10.2 Å². The predicted octanol–water partition coefficient (Wildman–Crippen LogP) is 5.00. The first kappa shape index (κ1) is 18.9. The topological polar surface area (TPSA) is 42.4 Å². The van der Waals surface area contributed by atoms with Crippen molar-refractivity contribution < 1.29 is 13.9 Å². The minimum atomic E-state index is -0.538. The van der Waals surface area contributed by atoms with Crippen molar-refractivity contribution in [3.05, 3.63) is 59.4 Å². The van der Waals surface area contributed by atoms with E-state index in [4.69, 9.17) is 9.72 Å². The molecule has 1 saturated heterocycles. The van der Waals surface area contributed by atoms with Crippen molar-refractivity contribution in [2.75, 3.05) is 13.1 Å². The zero-order valence-corrected chi connectivity index (χ0v) is 16.6. The van der Waals surface area contributed by atoms with E-state index < -0.39 is 6.10 Å². The molecule has 0 unspecified atom stereocenters. The molecule has 0 spiro atoms. The van der Waals surface area contributed by atoms with Crippen LogP contribution in [-0.4, -0.2) is 35.0 Å². The lowest BCUT2D eigenvalue weighted by molar-refractivity contribution is -0.140. The first-order valence-corrected chi connectivity index (χ1v) is 10.5. The van der Waals surface area contributed by atoms with E-state index in [0.717, 1.165) is 18.4 Å². The van der Waals surface area contributed by atoms with Crippen molar-refractivity contribution in [2.24, 2.45) is 0 Å². The normalized spacial score (nSPS) is 16.3. The van der Waals surface area contributed by atoms with E-state index in [9.17, 15) is 9.18 Å². The number of fused-ring (bicyclic) bond motifs is 1. The number of likely N-dealkylation sites (tertiary alicyclic amines) is 1. The van der Waals surface area contributed by atoms with Crippen molar-refractivity contribution in [3.8, 4) is 5.75 Å². The highest BCUT2D eigenvalue weighted by Crippen LogP contribution is 2.34. The largest absolute Gasteiger partial charge is 0.481 e. The minimum absolute atomic E-state index is 0.00887. The molecule has 1 amide bonds. The van der Waals surface area contributed by atoms with Crippen molar-refractivity contribution in [1.29, 1.82) is 0 Å². The number of aromatic nitrogens is 1. The minimum Gasteiger partial charge on any atom is -0.481 e. The van der Waals surface area contributed by atoms with E-state index in [1.807, 2.05) is 30.0 Å². The van der Waals surface area contributed by atoms with Gasteiger partial charge in [-0.2, -0.15) is 0 Å². The summed E-state index contributed by atoms with van der Waals surface area (Å²) in [5, 5.41) is 1.17. The van der Waals surface area contributed by atoms with Gasteiger partial charge < -0.3 is 9.64 Å². The van der Waals surface area contributed by atoms with Crippen LogP contribution < -0.4 is 4.74 Å². The molecule has 4 nitrogen and oxygen atoms in total. The van der Waals surface area contributed by atoms with Gasteiger partial charge in [0.1, 0.15) is 11.6 Å². The van der Waals surface area contributed by atoms with Crippen LogP contribution >= 0.6 is 11.3 Å². The fraction of sp³-hybridized carbons (Fsp3) is 0.364. The number of piperidine rings is 1. The molecular formula is C22H23FN2O2S. The Morgan fingerprint density at radius 3 is 2.61 bits per heavy atom. The summed E-state index contributed by atoms with van der Waals surface area (Å²) >= 11 is 1.76. The Morgan fingerprint density at radius 1 is 1.21 bits per heavy atom. The molecule has 0 aliphatic carbocycles. The second-order valence-corrected chi connectivity index (χ2v) is 8.15. The monoisotopic (exact) mass is 398 g/mol. The average molecular weight is 399 g/mol. The lowest BCUT2D eigenvalue weighted by atomic mass is 9.97. The van der Waals surface area contributed by atoms with Crippen LogP contribution in [0.5, 0.6) is 5.75 Å². The van der Waals surface area contributed by atoms with Crippen LogP contribution in [0, 0.1) is 5.82 Å². The van der Waals surface area contributed by atoms with E-state index >= 15 is 0 Å². The standard InChI is InChI=1S/C22H23FN2O2S/c1-2-19(27-17-9-7-16(23)8-10-17)22(26)25-13-11-15(12-14-25)21-24-18-5-3-4-6-20(18)28-21/h3-10,15,19H,2,11-14H2,1H3/t19-/m0/s1. The molecule has 0 saturated carbocycles. The Morgan fingerprint density at radius 2 is 1.93 bits per heavy atom. The zero-order valence-electron chi connectivity index (χ0n) is 15.8. The van der Waals surface area contributed by atoms with Gasteiger partial charge in [0.15, 0.2) is 6.10 Å². The number of ether oxygens (including phenoxy) is 1. The lowest BCUT2D eigenvalue weighted by Gasteiger charge is -2.33. The number of hydrogen-bond acceptors (Lipinski definition) is 4. The van der Waals surface area contributed by atoms with Gasteiger partial charge >= 0.3 is 0 Å². The maximum atomic E-state index is 13.1. The van der Waals surface area contributed by atoms with Crippen molar-refractivity contribution in [2.45, 2.75) is 38.2 Å². The molecule has 1 fully saturated rings. The average Bonchev–Trinajstić information content (AvgIpc) is 3.17. The summed E-state index contributed by atoms with van der Waals surface area (Å²) in [4.78, 5) is 19.6. The number of rotatable bonds is 5. The summed E-state index contributed by atoms with van der Waals surface area (Å²) in [6, 6.07) is 14.0. The predicted molar refractivity (Wildman–Crippen MR) is 109 cm³/mol. The molecule has 0 N–H and O–H groups in total. The third kappa shape index (κ3) is 4.02. The van der Waals surface area contributed by atoms with Crippen molar-refractivity contribution in [3.63, 3.8) is 0 Å². The highest BCUT2D eigenvalue weighted by molar-refractivity contribution is 7.18. The molecule has 1 aliphatic rings. The number of nitrogens with zero attached hydrogens (tertiary/aromatic N) is 2. The maximum Gasteiger partial charge on any atom is 0.263 e. The number of carbonyl (C=O) groups excluding carboxylic acids is 1. The summed E-state index contributed by atoms with van der Waals surface area (Å²) in [5.41, 5.74) is 1.06. The number of thiazole rings is 1. The Bertz CT molecular complexity index is 916. The summed E-state index contributed by atoms with van der Waals surface area (Å²) < 4.78 is 20.1. The van der Waals surface area contributed by atoms with E-state index in [1.54, 1.807) is 23.5 Å². The summed E-state index contributed by atoms with van der Waals surface area (Å²) in [5.74, 6) is 0.615. The van der Waals surface area contributed by atoms with Crippen LogP contribution in [-0.2, 0) is 4.79 Å². The van der Waals surface area contributed by atoms with Gasteiger partial charge in [-0.25, -0.2) is 9.37 Å². The van der Waals surface area contributed by atoms with Gasteiger partial charge in [0, 0.05) is 19.0 Å². The number of halogens is 1. The molecule has 3 aromatic rings. The zero-order chi connectivity index (χ0) is 19.5. The molecule has 1 aromatic heterocycles. The first-order chi connectivity index (χ1) is 13.6. The van der Waals surface area contributed by atoms with Gasteiger partial charge in [-0.1, -0.05) is 19.1 Å². The SMILES string of the molecule is CC[C@H](Oc1ccc(F)cc1)C(=O)N1CCC(c2nc3ccccc3s2)CC1. The molecule has 0 radical (unpaired) electrons. The van der Waals surface area contributed by atoms with E-state index in [-0.39, 0.29) is 11.7 Å². The molecule has 146 valence electrons. The van der Waals surface area contributed by atoms with Gasteiger partial charge in [-0.15, -0.1) is 11.3 Å². The Balaban J connectivity index is 1.37. The fourth-order valence-corrected chi connectivity index (χ4v) is 4.74. The number of para-hydroxylation sites is 1. The molecule has 0 bridgehead atoms. The molecular weight excluding hydrogens is 375 g/mol. The maximum absolute atomic E-state index is 13.1. The molecule has 1 atom stereocenters. The van der Waals surface area contributed by atoms with Crippen molar-refractivity contribution >= 4 is 27.5 Å². The van der Waals surface area contributed by atoms with Crippen LogP contribution in [0.3, 0.4) is 0 Å². The van der Waals surface area contributed by atoms with Gasteiger partial charge in [0.2, 0.25) is 0 Å². The summed E-state index contributed by atoms with van der Waals surface area (Å²) in [7, 11) is 0. The van der Waals surface area contributed by atoms with Crippen LogP contribution in [0.1, 0.15) is 37.1 Å². The quantitative estimate of drug-likeness (QED) is 0.607. The molecule has 6 heteroatoms. The van der Waals surface area contributed by atoms with E-state index in [1.165, 1.54) is 21.8 Å². The molecule has 4 rings (SSSR count). The van der Waals surface area contributed by atoms with Crippen molar-refractivity contribution in [1.82, 2.24) is 9.88 Å². The third-order valence-corrected chi connectivity index (χ3v) is 6.40. The van der Waals surface area contributed by atoms with Crippen LogP contribution in [0.15, 0.2) is 48.5 Å². The molecule has 28 heavy (non-hydrogen) atoms. The first-order valence-electron chi connectivity index (χ1n) is 9.70. The molecule has 1 aliphatic heterocycles. The fourth-order valence-electron chi connectivity index (χ4n) is 3.60. The van der Waals surface area contributed by atoms with Crippen LogP contribution in [0.2, 0.25) is 0 Å². The van der Waals surface area contributed by atoms with Gasteiger partial charge in [-0.3, -0.25) is 4.79 Å². The summed E-state index contributed by atoms with van der Waals surface area (Å²) in [6.07, 6.45) is 1.87. The Labute approximate surface area is 168 Å². The lowest BCUT2D eigenvalue weighted by Crippen LogP contribution is -2.45. The van der Waals surface area contributed by atoms with Gasteiger partial charge in [0.25, 0.3) is 5.91 Å². The van der Waals surface area contributed by atoms with E-state index in [0.29, 0.717) is 31.2 Å². The van der Waals surface area contributed by atoms with Gasteiger partial charge in [-0.05, 0) is 55.7 Å². The highest BCUT2D eigenvalue weighted by atomic mass is 32.1. The number of hydrogen-bond donors (Lipinski definition) is 0. The van der Waals surface area contributed by atoms with Gasteiger partial charge in [0.05, 0.1) is 15.2 Å². The number of benzene rings is 2. The van der Waals surface area contributed by atoms with Crippen LogP contribution in [0.4, 0.5) is 4.39 Å². The number of carbonyl (C=O) groups is 1. The second-order valence-electron chi connectivity index (χ2n) is 7.09. The highest BCUT2D eigenvalue weighted by Gasteiger charge is 2.30. The third-order valence-electron chi connectivity index (χ3n) is 5.20. The molecule has 2 aromatic carbocycles. The molecule has 2 heterocycles. The smallest absolute Gasteiger partial charge is 0.263 e. The number of amides is 1. The van der Waals surface area contributed by atoms with E-state index in [2.05, 4.69) is 6.07 Å². The summed E-state index contributed by atoms with van der Waals surface area (Å²) in [6.45, 7) is 3.35. The Kier molecular flexibility index (Phi) is 5.57.